The van der Waals surface area contributed by atoms with Crippen molar-refractivity contribution in [1.29, 1.82) is 0 Å². The van der Waals surface area contributed by atoms with Crippen molar-refractivity contribution in [1.82, 2.24) is 0 Å². The predicted octanol–water partition coefficient (Wildman–Crippen LogP) is 1.45. The summed E-state index contributed by atoms with van der Waals surface area (Å²) in [4.78, 5) is 0. The van der Waals surface area contributed by atoms with Crippen LogP contribution in [0.1, 0.15) is 0 Å². The van der Waals surface area contributed by atoms with E-state index < -0.39 is 0 Å². The van der Waals surface area contributed by atoms with Crippen LogP contribution in [0.15, 0.2) is 0 Å². The molecule has 0 heterocycles. The molecular formula is C4H6O2S4. The predicted molar refractivity (Wildman–Crippen MR) is 55.1 cm³/mol. The van der Waals surface area contributed by atoms with Crippen molar-refractivity contribution in [2.45, 2.75) is 0 Å². The largest absolute Gasteiger partial charge is 0.475 e. The maximum Gasteiger partial charge on any atom is 0.216 e. The number of hydrogen-bond donors (Lipinski definition) is 2. The summed E-state index contributed by atoms with van der Waals surface area (Å²) in [6, 6.07) is 0. The Morgan fingerprint density at radius 3 is 1.50 bits per heavy atom. The van der Waals surface area contributed by atoms with Crippen molar-refractivity contribution in [3.63, 3.8) is 0 Å². The fourth-order valence-corrected chi connectivity index (χ4v) is 0.607. The molecule has 0 fully saturated rings. The monoisotopic (exact) mass is 214 g/mol. The molecule has 0 aromatic carbocycles. The topological polar surface area (TPSA) is 18.5 Å². The van der Waals surface area contributed by atoms with E-state index >= 15 is 0 Å². The maximum atomic E-state index is 4.77. The van der Waals surface area contributed by atoms with Crippen molar-refractivity contribution >= 4 is 58.5 Å². The Hall–Kier alpha value is 0.480. The highest BCUT2D eigenvalue weighted by Gasteiger charge is 1.90. The summed E-state index contributed by atoms with van der Waals surface area (Å²) in [6.45, 7) is 0.700. The van der Waals surface area contributed by atoms with Gasteiger partial charge in [-0.1, -0.05) is 25.3 Å². The summed E-state index contributed by atoms with van der Waals surface area (Å²) in [5.74, 6) is 0. The second-order valence-corrected chi connectivity index (χ2v) is 3.39. The van der Waals surface area contributed by atoms with E-state index in [9.17, 15) is 0 Å². The lowest BCUT2D eigenvalue weighted by atomic mass is 10.8. The smallest absolute Gasteiger partial charge is 0.216 e. The molecule has 0 saturated heterocycles. The third-order valence-electron chi connectivity index (χ3n) is 0.534. The third kappa shape index (κ3) is 8.48. The molecule has 0 unspecified atom stereocenters. The van der Waals surface area contributed by atoms with E-state index in [-0.39, 0.29) is 8.77 Å². The lowest BCUT2D eigenvalue weighted by molar-refractivity contribution is 0.217. The van der Waals surface area contributed by atoms with E-state index in [1.54, 1.807) is 0 Å². The summed E-state index contributed by atoms with van der Waals surface area (Å²) < 4.78 is 9.94. The molecule has 0 aromatic heterocycles. The number of rotatable bonds is 3. The van der Waals surface area contributed by atoms with Crippen molar-refractivity contribution in [2.75, 3.05) is 13.2 Å². The quantitative estimate of drug-likeness (QED) is 0.420. The zero-order chi connectivity index (χ0) is 7.98. The molecule has 0 atom stereocenters. The molecule has 0 saturated carbocycles. The van der Waals surface area contributed by atoms with Gasteiger partial charge in [0.25, 0.3) is 0 Å². The Morgan fingerprint density at radius 2 is 1.30 bits per heavy atom. The summed E-state index contributed by atoms with van der Waals surface area (Å²) in [5.41, 5.74) is 0. The van der Waals surface area contributed by atoms with Crippen LogP contribution in [0, 0.1) is 0 Å². The average Bonchev–Trinajstić information content (AvgIpc) is 1.79. The molecule has 0 aliphatic heterocycles. The molecule has 0 aromatic rings. The van der Waals surface area contributed by atoms with Gasteiger partial charge in [-0.3, -0.25) is 0 Å². The molecule has 58 valence electrons. The van der Waals surface area contributed by atoms with Gasteiger partial charge in [0.15, 0.2) is 0 Å². The van der Waals surface area contributed by atoms with E-state index in [1.807, 2.05) is 0 Å². The zero-order valence-electron chi connectivity index (χ0n) is 4.94. The van der Waals surface area contributed by atoms with Crippen LogP contribution in [0.3, 0.4) is 0 Å². The number of thiol groups is 2. The van der Waals surface area contributed by atoms with Gasteiger partial charge in [0.1, 0.15) is 13.2 Å². The Morgan fingerprint density at radius 1 is 1.00 bits per heavy atom. The van der Waals surface area contributed by atoms with Crippen molar-refractivity contribution in [3.8, 4) is 0 Å². The second kappa shape index (κ2) is 6.21. The Bertz CT molecular complexity index is 119. The molecule has 0 aliphatic carbocycles. The number of thiocarbonyl (C=S) groups is 2. The first-order valence-electron chi connectivity index (χ1n) is 2.34. The molecule has 0 spiro atoms. The first-order chi connectivity index (χ1) is 4.63. The summed E-state index contributed by atoms with van der Waals surface area (Å²) in [5, 5.41) is 0. The van der Waals surface area contributed by atoms with E-state index in [1.165, 1.54) is 0 Å². The number of ether oxygens (including phenoxy) is 2. The summed E-state index contributed by atoms with van der Waals surface area (Å²) >= 11 is 16.5. The molecule has 6 heteroatoms. The highest BCUT2D eigenvalue weighted by atomic mass is 32.1. The van der Waals surface area contributed by atoms with E-state index in [2.05, 4.69) is 49.7 Å². The molecular weight excluding hydrogens is 208 g/mol. The van der Waals surface area contributed by atoms with Crippen LogP contribution in [-0.2, 0) is 9.47 Å². The van der Waals surface area contributed by atoms with Crippen LogP contribution >= 0.6 is 49.7 Å². The van der Waals surface area contributed by atoms with Crippen LogP contribution in [0.4, 0.5) is 0 Å². The van der Waals surface area contributed by atoms with Crippen LogP contribution in [0.25, 0.3) is 0 Å². The summed E-state index contributed by atoms with van der Waals surface area (Å²) in [7, 11) is 0. The molecule has 0 radical (unpaired) electrons. The van der Waals surface area contributed by atoms with Crippen LogP contribution in [0.5, 0.6) is 0 Å². The van der Waals surface area contributed by atoms with Gasteiger partial charge in [-0.15, -0.1) is 0 Å². The zero-order valence-corrected chi connectivity index (χ0v) is 8.36. The number of hydrogen-bond acceptors (Lipinski definition) is 4. The second-order valence-electron chi connectivity index (χ2n) is 1.23. The van der Waals surface area contributed by atoms with E-state index in [4.69, 9.17) is 9.47 Å². The molecule has 0 N–H and O–H groups in total. The SMILES string of the molecule is S=C(S)OCCOC(=S)S. The van der Waals surface area contributed by atoms with Gasteiger partial charge < -0.3 is 9.47 Å². The van der Waals surface area contributed by atoms with E-state index in [0.29, 0.717) is 13.2 Å². The lowest BCUT2D eigenvalue weighted by Gasteiger charge is -2.02. The van der Waals surface area contributed by atoms with Crippen LogP contribution < -0.4 is 0 Å². The minimum atomic E-state index is 0.202. The van der Waals surface area contributed by atoms with Gasteiger partial charge in [0.05, 0.1) is 0 Å². The fourth-order valence-electron chi connectivity index (χ4n) is 0.258. The van der Waals surface area contributed by atoms with Gasteiger partial charge in [-0.25, -0.2) is 0 Å². The standard InChI is InChI=1S/C4H6O2S4/c7-3(8)5-1-2-6-4(9)10/h1-2H2,(H,7,8)(H,9,10). The molecule has 0 aliphatic rings. The Kier molecular flexibility index (Phi) is 6.50. The molecule has 10 heavy (non-hydrogen) atoms. The molecule has 0 rings (SSSR count). The van der Waals surface area contributed by atoms with Gasteiger partial charge in [0.2, 0.25) is 8.77 Å². The highest BCUT2D eigenvalue weighted by molar-refractivity contribution is 8.10. The fraction of sp³-hybridized carbons (Fsp3) is 0.500. The van der Waals surface area contributed by atoms with Crippen LogP contribution in [0.2, 0.25) is 0 Å². The van der Waals surface area contributed by atoms with Gasteiger partial charge in [-0.05, 0) is 24.4 Å². The van der Waals surface area contributed by atoms with E-state index in [0.717, 1.165) is 0 Å². The minimum Gasteiger partial charge on any atom is -0.475 e. The van der Waals surface area contributed by atoms with Crippen molar-refractivity contribution in [3.05, 3.63) is 0 Å². The van der Waals surface area contributed by atoms with Gasteiger partial charge >= 0.3 is 0 Å². The average molecular weight is 214 g/mol. The van der Waals surface area contributed by atoms with Gasteiger partial charge in [-0.2, -0.15) is 0 Å². The van der Waals surface area contributed by atoms with Crippen LogP contribution in [-0.4, -0.2) is 22.0 Å². The third-order valence-corrected chi connectivity index (χ3v) is 1.03. The molecule has 2 nitrogen and oxygen atoms in total. The minimum absolute atomic E-state index is 0.202. The van der Waals surface area contributed by atoms with Crippen molar-refractivity contribution < 1.29 is 9.47 Å². The Labute approximate surface area is 81.1 Å². The summed E-state index contributed by atoms with van der Waals surface area (Å²) in [6.07, 6.45) is 0. The molecule has 0 amide bonds. The molecule has 0 bridgehead atoms. The Balaban J connectivity index is 3.06. The lowest BCUT2D eigenvalue weighted by Crippen LogP contribution is -2.06. The first-order valence-corrected chi connectivity index (χ1v) is 4.05. The highest BCUT2D eigenvalue weighted by Crippen LogP contribution is 1.90. The maximum absolute atomic E-state index is 4.77. The first kappa shape index (κ1) is 10.5. The normalized spacial score (nSPS) is 8.60. The van der Waals surface area contributed by atoms with Crippen molar-refractivity contribution in [2.24, 2.45) is 0 Å². The van der Waals surface area contributed by atoms with Gasteiger partial charge in [0, 0.05) is 0 Å².